The molecule has 0 amide bonds. The van der Waals surface area contributed by atoms with E-state index in [1.54, 1.807) is 0 Å². The number of piperazine rings is 1. The summed E-state index contributed by atoms with van der Waals surface area (Å²) in [4.78, 5) is 12.8. The Hall–Kier alpha value is -2.37. The monoisotopic (exact) mass is 439 g/mol. The maximum Gasteiger partial charge on any atom is 0.218 e. The van der Waals surface area contributed by atoms with Gasteiger partial charge in [0.05, 0.1) is 19.0 Å². The Morgan fingerprint density at radius 3 is 2.00 bits per heavy atom. The minimum atomic E-state index is -3.68. The third-order valence-electron chi connectivity index (χ3n) is 5.20. The molecule has 0 unspecified atom stereocenters. The molecule has 1 aromatic heterocycles. The van der Waals surface area contributed by atoms with E-state index in [0.29, 0.717) is 26.3 Å². The van der Waals surface area contributed by atoms with Crippen LogP contribution < -0.4 is 9.80 Å². The molecule has 1 aromatic carbocycles. The molecule has 0 radical (unpaired) electrons. The summed E-state index contributed by atoms with van der Waals surface area (Å²) in [6.45, 7) is 4.34. The van der Waals surface area contributed by atoms with E-state index in [9.17, 15) is 17.2 Å². The van der Waals surface area contributed by atoms with E-state index in [-0.39, 0.29) is 18.7 Å². The summed E-state index contributed by atoms with van der Waals surface area (Å²) in [5, 5.41) is 0. The molecule has 162 valence electrons. The molecule has 11 heteroatoms. The maximum atomic E-state index is 13.4. The van der Waals surface area contributed by atoms with Gasteiger partial charge in [0.15, 0.2) is 0 Å². The van der Waals surface area contributed by atoms with Crippen molar-refractivity contribution < 1.29 is 21.9 Å². The lowest BCUT2D eigenvalue weighted by Crippen LogP contribution is -2.49. The van der Waals surface area contributed by atoms with Gasteiger partial charge in [-0.2, -0.15) is 4.31 Å². The molecule has 8 nitrogen and oxygen atoms in total. The smallest absolute Gasteiger partial charge is 0.218 e. The third-order valence-corrected chi connectivity index (χ3v) is 7.05. The number of anilines is 2. The fourth-order valence-corrected chi connectivity index (χ4v) is 5.16. The number of hydrogen-bond donors (Lipinski definition) is 0. The zero-order valence-electron chi connectivity index (χ0n) is 16.4. The number of aromatic nitrogens is 2. The maximum absolute atomic E-state index is 13.4. The van der Waals surface area contributed by atoms with Crippen molar-refractivity contribution in [3.05, 3.63) is 47.8 Å². The summed E-state index contributed by atoms with van der Waals surface area (Å²) >= 11 is 0. The summed E-state index contributed by atoms with van der Waals surface area (Å²) in [5.41, 5.74) is 0.0980. The van der Waals surface area contributed by atoms with Gasteiger partial charge in [0, 0.05) is 51.4 Å². The van der Waals surface area contributed by atoms with E-state index in [4.69, 9.17) is 4.74 Å². The van der Waals surface area contributed by atoms with Crippen molar-refractivity contribution in [3.63, 3.8) is 0 Å². The van der Waals surface area contributed by atoms with E-state index in [1.165, 1.54) is 10.6 Å². The molecular formula is C19H23F2N5O3S. The van der Waals surface area contributed by atoms with Crippen LogP contribution in [-0.2, 0) is 20.5 Å². The molecule has 0 atom stereocenters. The summed E-state index contributed by atoms with van der Waals surface area (Å²) in [6.07, 6.45) is 1.52. The fourth-order valence-electron chi connectivity index (χ4n) is 3.67. The van der Waals surface area contributed by atoms with Gasteiger partial charge in [-0.1, -0.05) is 0 Å². The molecule has 0 spiro atoms. The van der Waals surface area contributed by atoms with Gasteiger partial charge in [0.1, 0.15) is 29.6 Å². The lowest BCUT2D eigenvalue weighted by atomic mass is 10.2. The van der Waals surface area contributed by atoms with E-state index >= 15 is 0 Å². The molecule has 4 rings (SSSR count). The minimum Gasteiger partial charge on any atom is -0.378 e. The number of sulfonamides is 1. The minimum absolute atomic E-state index is 0.0980. The van der Waals surface area contributed by atoms with Crippen molar-refractivity contribution in [1.82, 2.24) is 14.3 Å². The Morgan fingerprint density at radius 1 is 0.833 bits per heavy atom. The first-order valence-corrected chi connectivity index (χ1v) is 11.3. The normalized spacial score (nSPS) is 18.6. The van der Waals surface area contributed by atoms with Crippen LogP contribution in [0.15, 0.2) is 30.6 Å². The van der Waals surface area contributed by atoms with Crippen LogP contribution >= 0.6 is 0 Å². The number of halogens is 2. The highest BCUT2D eigenvalue weighted by atomic mass is 32.2. The second-order valence-electron chi connectivity index (χ2n) is 7.25. The van der Waals surface area contributed by atoms with E-state index in [0.717, 1.165) is 42.9 Å². The molecular weight excluding hydrogens is 416 g/mol. The number of morpholine rings is 1. The first kappa shape index (κ1) is 20.9. The topological polar surface area (TPSA) is 78.9 Å². The number of hydrogen-bond acceptors (Lipinski definition) is 7. The molecule has 3 heterocycles. The van der Waals surface area contributed by atoms with E-state index in [2.05, 4.69) is 14.9 Å². The Balaban J connectivity index is 1.39. The Morgan fingerprint density at radius 2 is 1.40 bits per heavy atom. The molecule has 30 heavy (non-hydrogen) atoms. The molecule has 2 aromatic rings. The van der Waals surface area contributed by atoms with Gasteiger partial charge in [-0.25, -0.2) is 27.2 Å². The van der Waals surface area contributed by atoms with Gasteiger partial charge in [-0.05, 0) is 17.7 Å². The second-order valence-corrected chi connectivity index (χ2v) is 9.22. The highest BCUT2D eigenvalue weighted by Gasteiger charge is 2.28. The van der Waals surface area contributed by atoms with Gasteiger partial charge >= 0.3 is 0 Å². The van der Waals surface area contributed by atoms with Crippen LogP contribution in [0.3, 0.4) is 0 Å². The lowest BCUT2D eigenvalue weighted by Gasteiger charge is -2.35. The Bertz CT molecular complexity index is 973. The first-order chi connectivity index (χ1) is 14.4. The summed E-state index contributed by atoms with van der Waals surface area (Å²) < 4.78 is 58.9. The van der Waals surface area contributed by atoms with Crippen LogP contribution in [0.2, 0.25) is 0 Å². The number of rotatable bonds is 5. The highest BCUT2D eigenvalue weighted by Crippen LogP contribution is 2.21. The van der Waals surface area contributed by atoms with Crippen LogP contribution in [0.25, 0.3) is 0 Å². The van der Waals surface area contributed by atoms with Gasteiger partial charge in [0.25, 0.3) is 0 Å². The number of benzene rings is 1. The van der Waals surface area contributed by atoms with Crippen LogP contribution in [0.5, 0.6) is 0 Å². The molecule has 0 aliphatic carbocycles. The van der Waals surface area contributed by atoms with Crippen molar-refractivity contribution in [1.29, 1.82) is 0 Å². The Kier molecular flexibility index (Phi) is 6.11. The molecule has 0 saturated carbocycles. The van der Waals surface area contributed by atoms with Crippen molar-refractivity contribution in [2.75, 3.05) is 62.3 Å². The quantitative estimate of drug-likeness (QED) is 0.694. The van der Waals surface area contributed by atoms with E-state index < -0.39 is 27.4 Å². The number of nitrogens with zero attached hydrogens (tertiary/aromatic N) is 5. The fraction of sp³-hybridized carbons (Fsp3) is 0.474. The van der Waals surface area contributed by atoms with Crippen LogP contribution in [-0.4, -0.2) is 75.2 Å². The molecule has 2 aliphatic rings. The van der Waals surface area contributed by atoms with Crippen LogP contribution in [0.4, 0.5) is 20.4 Å². The number of ether oxygens (including phenoxy) is 1. The molecule has 0 N–H and O–H groups in total. The van der Waals surface area contributed by atoms with Crippen LogP contribution in [0.1, 0.15) is 5.56 Å². The van der Waals surface area contributed by atoms with Crippen LogP contribution in [0, 0.1) is 11.6 Å². The molecule has 2 fully saturated rings. The zero-order chi connectivity index (χ0) is 21.1. The molecule has 2 aliphatic heterocycles. The Labute approximate surface area is 174 Å². The average molecular weight is 439 g/mol. The first-order valence-electron chi connectivity index (χ1n) is 9.73. The van der Waals surface area contributed by atoms with E-state index in [1.807, 2.05) is 11.0 Å². The van der Waals surface area contributed by atoms with Gasteiger partial charge in [-0.3, -0.25) is 0 Å². The summed E-state index contributed by atoms with van der Waals surface area (Å²) in [6, 6.07) is 4.72. The van der Waals surface area contributed by atoms with Crippen molar-refractivity contribution in [2.24, 2.45) is 0 Å². The van der Waals surface area contributed by atoms with Crippen molar-refractivity contribution in [2.45, 2.75) is 5.75 Å². The molecule has 0 bridgehead atoms. The third kappa shape index (κ3) is 4.85. The second kappa shape index (κ2) is 8.78. The lowest BCUT2D eigenvalue weighted by molar-refractivity contribution is 0.122. The van der Waals surface area contributed by atoms with Gasteiger partial charge < -0.3 is 14.5 Å². The van der Waals surface area contributed by atoms with Gasteiger partial charge in [0.2, 0.25) is 10.0 Å². The largest absolute Gasteiger partial charge is 0.378 e. The predicted octanol–water partition coefficient (Wildman–Crippen LogP) is 1.24. The highest BCUT2D eigenvalue weighted by molar-refractivity contribution is 7.88. The average Bonchev–Trinajstić information content (AvgIpc) is 2.73. The summed E-state index contributed by atoms with van der Waals surface area (Å²) in [7, 11) is -3.68. The standard InChI is InChI=1S/C19H23F2N5O3S/c20-16-9-15(10-17(21)11-16)13-30(27,28)26-3-1-24(2-4-26)18-12-19(23-14-22-18)25-5-7-29-8-6-25/h9-12,14H,1-8,13H2. The molecule has 2 saturated heterocycles. The zero-order valence-corrected chi connectivity index (χ0v) is 17.2. The van der Waals surface area contributed by atoms with Crippen molar-refractivity contribution >= 4 is 21.7 Å². The van der Waals surface area contributed by atoms with Crippen molar-refractivity contribution in [3.8, 4) is 0 Å². The van der Waals surface area contributed by atoms with Gasteiger partial charge in [-0.15, -0.1) is 0 Å². The predicted molar refractivity (Wildman–Crippen MR) is 108 cm³/mol. The SMILES string of the molecule is O=S(=O)(Cc1cc(F)cc(F)c1)N1CCN(c2cc(N3CCOCC3)ncn2)CC1. The summed E-state index contributed by atoms with van der Waals surface area (Å²) in [5.74, 6) is -0.437.